The van der Waals surface area contributed by atoms with E-state index in [0.717, 1.165) is 36.8 Å². The van der Waals surface area contributed by atoms with Gasteiger partial charge in [-0.05, 0) is 37.5 Å². The fraction of sp³-hybridized carbons (Fsp3) is 0.600. The van der Waals surface area contributed by atoms with Gasteiger partial charge in [-0.3, -0.25) is 9.79 Å². The van der Waals surface area contributed by atoms with Crippen LogP contribution in [-0.2, 0) is 6.54 Å². The fourth-order valence-corrected chi connectivity index (χ4v) is 4.04. The smallest absolute Gasteiger partial charge is 0.251 e. The average Bonchev–Trinajstić information content (AvgIpc) is 2.68. The highest BCUT2D eigenvalue weighted by atomic mass is 127. The number of thioether (sulfide) groups is 1. The maximum absolute atomic E-state index is 12.1. The Kier molecular flexibility index (Phi) is 11.1. The van der Waals surface area contributed by atoms with Crippen LogP contribution >= 0.6 is 35.7 Å². The maximum atomic E-state index is 12.1. The van der Waals surface area contributed by atoms with Gasteiger partial charge in [0.05, 0.1) is 0 Å². The molecule has 0 spiro atoms. The Bertz CT molecular complexity index is 609. The number of benzene rings is 1. The molecule has 27 heavy (non-hydrogen) atoms. The van der Waals surface area contributed by atoms with Crippen LogP contribution in [-0.4, -0.2) is 53.9 Å². The summed E-state index contributed by atoms with van der Waals surface area (Å²) in [4.78, 5) is 18.9. The van der Waals surface area contributed by atoms with Gasteiger partial charge in [0, 0.05) is 49.3 Å². The minimum absolute atomic E-state index is 0. The monoisotopic (exact) mass is 504 g/mol. The minimum atomic E-state index is -0.00825. The van der Waals surface area contributed by atoms with E-state index in [0.29, 0.717) is 17.4 Å². The molecule has 7 heteroatoms. The molecule has 1 aromatic rings. The van der Waals surface area contributed by atoms with Crippen molar-refractivity contribution < 1.29 is 4.79 Å². The number of rotatable bonds is 6. The zero-order valence-electron chi connectivity index (χ0n) is 16.8. The number of aliphatic imine (C=N–C) groups is 1. The normalized spacial score (nSPS) is 18.4. The van der Waals surface area contributed by atoms with Crippen LogP contribution in [0.5, 0.6) is 0 Å². The Labute approximate surface area is 185 Å². The van der Waals surface area contributed by atoms with Crippen molar-refractivity contribution in [3.8, 4) is 0 Å². The summed E-state index contributed by atoms with van der Waals surface area (Å²) < 4.78 is 0. The van der Waals surface area contributed by atoms with E-state index in [1.807, 2.05) is 38.2 Å². The number of nitrogens with one attached hydrogen (secondary N) is 2. The molecule has 0 aliphatic carbocycles. The molecule has 0 aromatic heterocycles. The zero-order valence-corrected chi connectivity index (χ0v) is 20.0. The van der Waals surface area contributed by atoms with Crippen LogP contribution in [0.25, 0.3) is 0 Å². The van der Waals surface area contributed by atoms with E-state index in [-0.39, 0.29) is 35.9 Å². The molecule has 0 radical (unpaired) electrons. The van der Waals surface area contributed by atoms with Crippen molar-refractivity contribution in [2.45, 2.75) is 51.4 Å². The second-order valence-corrected chi connectivity index (χ2v) is 8.14. The van der Waals surface area contributed by atoms with Crippen molar-refractivity contribution in [3.05, 3.63) is 35.4 Å². The number of hydrogen-bond donors (Lipinski definition) is 2. The summed E-state index contributed by atoms with van der Waals surface area (Å²) in [6.07, 6.45) is 2.12. The molecule has 2 rings (SSSR count). The number of halogens is 1. The quantitative estimate of drug-likeness (QED) is 0.352. The molecule has 152 valence electrons. The van der Waals surface area contributed by atoms with Gasteiger partial charge in [0.2, 0.25) is 0 Å². The molecule has 1 amide bonds. The first-order valence-corrected chi connectivity index (χ1v) is 10.6. The van der Waals surface area contributed by atoms with Crippen molar-refractivity contribution in [3.63, 3.8) is 0 Å². The van der Waals surface area contributed by atoms with Crippen molar-refractivity contribution >= 4 is 47.6 Å². The van der Waals surface area contributed by atoms with Gasteiger partial charge in [-0.1, -0.05) is 26.0 Å². The molecular formula is C20H33IN4OS. The van der Waals surface area contributed by atoms with Gasteiger partial charge in [0.15, 0.2) is 5.96 Å². The van der Waals surface area contributed by atoms with Crippen molar-refractivity contribution in [1.29, 1.82) is 0 Å². The summed E-state index contributed by atoms with van der Waals surface area (Å²) >= 11 is 2.06. The Balaban J connectivity index is 0.00000364. The van der Waals surface area contributed by atoms with Gasteiger partial charge in [-0.15, -0.1) is 24.0 Å². The second kappa shape index (κ2) is 12.5. The number of hydrogen-bond acceptors (Lipinski definition) is 3. The minimum Gasteiger partial charge on any atom is -0.352 e. The SMILES string of the molecule is CCC(C)NC(=O)c1ccc(CNC(=NC)N2CCSC(CC)C2)cc1.I. The summed E-state index contributed by atoms with van der Waals surface area (Å²) in [5, 5.41) is 7.14. The van der Waals surface area contributed by atoms with E-state index in [1.54, 1.807) is 0 Å². The Morgan fingerprint density at radius 3 is 2.63 bits per heavy atom. The molecule has 2 atom stereocenters. The van der Waals surface area contributed by atoms with Gasteiger partial charge in [0.1, 0.15) is 0 Å². The largest absolute Gasteiger partial charge is 0.352 e. The first kappa shape index (κ1) is 24.1. The van der Waals surface area contributed by atoms with Gasteiger partial charge >= 0.3 is 0 Å². The number of carbonyl (C=O) groups excluding carboxylic acids is 1. The number of nitrogens with zero attached hydrogens (tertiary/aromatic N) is 2. The summed E-state index contributed by atoms with van der Waals surface area (Å²) in [7, 11) is 1.84. The summed E-state index contributed by atoms with van der Waals surface area (Å²) in [6.45, 7) is 9.13. The topological polar surface area (TPSA) is 56.7 Å². The van der Waals surface area contributed by atoms with Gasteiger partial charge in [-0.2, -0.15) is 11.8 Å². The Morgan fingerprint density at radius 2 is 2.04 bits per heavy atom. The third kappa shape index (κ3) is 7.52. The van der Waals surface area contributed by atoms with E-state index in [2.05, 4.69) is 46.1 Å². The number of amides is 1. The van der Waals surface area contributed by atoms with Crippen LogP contribution in [0.2, 0.25) is 0 Å². The second-order valence-electron chi connectivity index (χ2n) is 6.73. The summed E-state index contributed by atoms with van der Waals surface area (Å²) in [5.74, 6) is 2.10. The van der Waals surface area contributed by atoms with Gasteiger partial charge in [-0.25, -0.2) is 0 Å². The molecule has 1 saturated heterocycles. The first-order chi connectivity index (χ1) is 12.6. The van der Waals surface area contributed by atoms with Crippen LogP contribution in [0.1, 0.15) is 49.5 Å². The van der Waals surface area contributed by atoms with E-state index >= 15 is 0 Å². The molecular weight excluding hydrogens is 471 g/mol. The Hall–Kier alpha value is -0.960. The predicted octanol–water partition coefficient (Wildman–Crippen LogP) is 3.74. The molecule has 5 nitrogen and oxygen atoms in total. The lowest BCUT2D eigenvalue weighted by Crippen LogP contribution is -2.47. The van der Waals surface area contributed by atoms with Crippen molar-refractivity contribution in [1.82, 2.24) is 15.5 Å². The van der Waals surface area contributed by atoms with Crippen LogP contribution < -0.4 is 10.6 Å². The standard InChI is InChI=1S/C20H32N4OS.HI/c1-5-15(3)23-19(25)17-9-7-16(8-10-17)13-22-20(21-4)24-11-12-26-18(6-2)14-24;/h7-10,15,18H,5-6,11-14H2,1-4H3,(H,21,22)(H,23,25);1H. The van der Waals surface area contributed by atoms with Crippen molar-refractivity contribution in [2.24, 2.45) is 4.99 Å². The van der Waals surface area contributed by atoms with Crippen LogP contribution in [0, 0.1) is 0 Å². The fourth-order valence-electron chi connectivity index (χ4n) is 2.86. The number of guanidine groups is 1. The predicted molar refractivity (Wildman–Crippen MR) is 127 cm³/mol. The molecule has 2 unspecified atom stereocenters. The van der Waals surface area contributed by atoms with Crippen LogP contribution in [0.3, 0.4) is 0 Å². The highest BCUT2D eigenvalue weighted by Crippen LogP contribution is 2.21. The van der Waals surface area contributed by atoms with Gasteiger partial charge < -0.3 is 15.5 Å². The van der Waals surface area contributed by atoms with E-state index in [9.17, 15) is 4.79 Å². The molecule has 1 fully saturated rings. The highest BCUT2D eigenvalue weighted by Gasteiger charge is 2.21. The maximum Gasteiger partial charge on any atom is 0.251 e. The average molecular weight is 504 g/mol. The Morgan fingerprint density at radius 1 is 1.33 bits per heavy atom. The van der Waals surface area contributed by atoms with E-state index in [1.165, 1.54) is 6.42 Å². The molecule has 0 saturated carbocycles. The van der Waals surface area contributed by atoms with E-state index < -0.39 is 0 Å². The number of carbonyl (C=O) groups is 1. The zero-order chi connectivity index (χ0) is 18.9. The van der Waals surface area contributed by atoms with Crippen LogP contribution in [0.4, 0.5) is 0 Å². The summed E-state index contributed by atoms with van der Waals surface area (Å²) in [6, 6.07) is 7.99. The van der Waals surface area contributed by atoms with Crippen LogP contribution in [0.15, 0.2) is 29.3 Å². The molecule has 1 aliphatic rings. The third-order valence-electron chi connectivity index (χ3n) is 4.76. The highest BCUT2D eigenvalue weighted by molar-refractivity contribution is 14.0. The lowest BCUT2D eigenvalue weighted by atomic mass is 10.1. The third-order valence-corrected chi connectivity index (χ3v) is 6.13. The lowest BCUT2D eigenvalue weighted by molar-refractivity contribution is 0.0939. The molecule has 1 heterocycles. The first-order valence-electron chi connectivity index (χ1n) is 9.54. The van der Waals surface area contributed by atoms with Crippen molar-refractivity contribution in [2.75, 3.05) is 25.9 Å². The molecule has 1 aromatic carbocycles. The molecule has 1 aliphatic heterocycles. The summed E-state index contributed by atoms with van der Waals surface area (Å²) in [5.41, 5.74) is 1.85. The molecule has 2 N–H and O–H groups in total. The lowest BCUT2D eigenvalue weighted by Gasteiger charge is -2.34. The van der Waals surface area contributed by atoms with Gasteiger partial charge in [0.25, 0.3) is 5.91 Å². The van der Waals surface area contributed by atoms with E-state index in [4.69, 9.17) is 0 Å². The molecule has 0 bridgehead atoms.